The molecule has 0 bridgehead atoms. The predicted octanol–water partition coefficient (Wildman–Crippen LogP) is 2.55. The first-order chi connectivity index (χ1) is 12.5. The number of nitrogens with one attached hydrogen (secondary N) is 2. The molecule has 1 atom stereocenters. The maximum Gasteiger partial charge on any atom is 0.337 e. The minimum atomic E-state index is -0.748. The maximum atomic E-state index is 12.0. The van der Waals surface area contributed by atoms with E-state index >= 15 is 0 Å². The molecule has 6 nitrogen and oxygen atoms in total. The van der Waals surface area contributed by atoms with E-state index in [1.165, 1.54) is 36.9 Å². The van der Waals surface area contributed by atoms with Crippen molar-refractivity contribution in [3.8, 4) is 0 Å². The van der Waals surface area contributed by atoms with Crippen LogP contribution in [0.3, 0.4) is 0 Å². The highest BCUT2D eigenvalue weighted by molar-refractivity contribution is 6.39. The van der Waals surface area contributed by atoms with Crippen molar-refractivity contribution >= 4 is 23.5 Å². The molecular weight excluding hydrogens is 332 g/mol. The SMILES string of the molecule is COC(=O)c1ccc(NC(=O)C(=O)N[C@@H](C)CCc2ccccc2)cc1. The lowest BCUT2D eigenvalue weighted by Crippen LogP contribution is -2.40. The van der Waals surface area contributed by atoms with Crippen molar-refractivity contribution in [1.82, 2.24) is 5.32 Å². The molecule has 2 aromatic rings. The molecule has 136 valence electrons. The maximum absolute atomic E-state index is 12.0. The van der Waals surface area contributed by atoms with Crippen molar-refractivity contribution in [2.75, 3.05) is 12.4 Å². The van der Waals surface area contributed by atoms with Crippen molar-refractivity contribution < 1.29 is 19.1 Å². The van der Waals surface area contributed by atoms with Crippen LogP contribution in [0.5, 0.6) is 0 Å². The van der Waals surface area contributed by atoms with Gasteiger partial charge >= 0.3 is 17.8 Å². The average molecular weight is 354 g/mol. The number of ether oxygens (including phenoxy) is 1. The number of hydrogen-bond acceptors (Lipinski definition) is 4. The van der Waals surface area contributed by atoms with Gasteiger partial charge in [-0.25, -0.2) is 4.79 Å². The number of hydrogen-bond donors (Lipinski definition) is 2. The third-order valence-corrected chi connectivity index (χ3v) is 3.86. The molecule has 0 aliphatic rings. The number of carbonyl (C=O) groups is 3. The van der Waals surface area contributed by atoms with Crippen LogP contribution in [-0.4, -0.2) is 30.9 Å². The second-order valence-corrected chi connectivity index (χ2v) is 5.92. The molecule has 0 spiro atoms. The van der Waals surface area contributed by atoms with Gasteiger partial charge in [0.1, 0.15) is 0 Å². The van der Waals surface area contributed by atoms with Gasteiger partial charge in [-0.1, -0.05) is 30.3 Å². The lowest BCUT2D eigenvalue weighted by molar-refractivity contribution is -0.136. The van der Waals surface area contributed by atoms with E-state index in [9.17, 15) is 14.4 Å². The molecule has 0 aromatic heterocycles. The summed E-state index contributed by atoms with van der Waals surface area (Å²) in [5.41, 5.74) is 1.97. The van der Waals surface area contributed by atoms with E-state index in [1.807, 2.05) is 37.3 Å². The van der Waals surface area contributed by atoms with Gasteiger partial charge in [-0.3, -0.25) is 9.59 Å². The van der Waals surface area contributed by atoms with Crippen LogP contribution in [0.4, 0.5) is 5.69 Å². The Morgan fingerprint density at radius 3 is 2.23 bits per heavy atom. The quantitative estimate of drug-likeness (QED) is 0.617. The summed E-state index contributed by atoms with van der Waals surface area (Å²) in [6, 6.07) is 15.9. The Kier molecular flexibility index (Phi) is 6.91. The molecule has 0 aliphatic carbocycles. The van der Waals surface area contributed by atoms with Crippen LogP contribution in [0.2, 0.25) is 0 Å². The highest BCUT2D eigenvalue weighted by atomic mass is 16.5. The molecule has 0 fully saturated rings. The minimum absolute atomic E-state index is 0.129. The number of esters is 1. The van der Waals surface area contributed by atoms with Crippen LogP contribution < -0.4 is 10.6 Å². The van der Waals surface area contributed by atoms with Gasteiger partial charge < -0.3 is 15.4 Å². The molecule has 6 heteroatoms. The van der Waals surface area contributed by atoms with Crippen molar-refractivity contribution in [3.05, 3.63) is 65.7 Å². The number of rotatable bonds is 6. The van der Waals surface area contributed by atoms with E-state index in [4.69, 9.17) is 0 Å². The summed E-state index contributed by atoms with van der Waals surface area (Å²) in [5, 5.41) is 5.19. The molecule has 0 heterocycles. The topological polar surface area (TPSA) is 84.5 Å². The van der Waals surface area contributed by atoms with Crippen LogP contribution in [0.25, 0.3) is 0 Å². The van der Waals surface area contributed by atoms with Crippen molar-refractivity contribution in [2.24, 2.45) is 0 Å². The summed E-state index contributed by atoms with van der Waals surface area (Å²) in [5.74, 6) is -1.90. The van der Waals surface area contributed by atoms with Crippen LogP contribution in [0, 0.1) is 0 Å². The van der Waals surface area contributed by atoms with E-state index in [0.717, 1.165) is 12.8 Å². The van der Waals surface area contributed by atoms with Gasteiger partial charge in [0.25, 0.3) is 0 Å². The highest BCUT2D eigenvalue weighted by Crippen LogP contribution is 2.10. The summed E-state index contributed by atoms with van der Waals surface area (Å²) in [4.78, 5) is 35.3. The van der Waals surface area contributed by atoms with Gasteiger partial charge in [0.15, 0.2) is 0 Å². The van der Waals surface area contributed by atoms with E-state index in [2.05, 4.69) is 15.4 Å². The summed E-state index contributed by atoms with van der Waals surface area (Å²) in [6.45, 7) is 1.86. The molecule has 2 rings (SSSR count). The fourth-order valence-corrected chi connectivity index (χ4v) is 2.38. The van der Waals surface area contributed by atoms with Gasteiger partial charge in [-0.2, -0.15) is 0 Å². The monoisotopic (exact) mass is 354 g/mol. The predicted molar refractivity (Wildman–Crippen MR) is 98.8 cm³/mol. The van der Waals surface area contributed by atoms with Crippen LogP contribution in [-0.2, 0) is 20.7 Å². The summed E-state index contributed by atoms with van der Waals surface area (Å²) in [7, 11) is 1.29. The van der Waals surface area contributed by atoms with Gasteiger partial charge in [0.05, 0.1) is 12.7 Å². The zero-order chi connectivity index (χ0) is 18.9. The molecule has 0 unspecified atom stereocenters. The number of anilines is 1. The Hall–Kier alpha value is -3.15. The molecule has 2 amide bonds. The molecule has 26 heavy (non-hydrogen) atoms. The standard InChI is InChI=1S/C20H22N2O4/c1-14(8-9-15-6-4-3-5-7-15)21-18(23)19(24)22-17-12-10-16(11-13-17)20(25)26-2/h3-7,10-14H,8-9H2,1-2H3,(H,21,23)(H,22,24)/t14-/m0/s1. The molecule has 0 radical (unpaired) electrons. The Labute approximate surface area is 152 Å². The summed E-state index contributed by atoms with van der Waals surface area (Å²) >= 11 is 0. The Morgan fingerprint density at radius 1 is 0.962 bits per heavy atom. The third-order valence-electron chi connectivity index (χ3n) is 3.86. The van der Waals surface area contributed by atoms with Crippen LogP contribution >= 0.6 is 0 Å². The zero-order valence-electron chi connectivity index (χ0n) is 14.8. The molecule has 0 aliphatic heterocycles. The first kappa shape index (κ1) is 19.2. The molecule has 2 aromatic carbocycles. The fraction of sp³-hybridized carbons (Fsp3) is 0.250. The highest BCUT2D eigenvalue weighted by Gasteiger charge is 2.16. The second-order valence-electron chi connectivity index (χ2n) is 5.92. The molecule has 0 saturated carbocycles. The number of benzene rings is 2. The first-order valence-corrected chi connectivity index (χ1v) is 8.33. The van der Waals surface area contributed by atoms with Gasteiger partial charge in [0, 0.05) is 11.7 Å². The van der Waals surface area contributed by atoms with Gasteiger partial charge in [-0.15, -0.1) is 0 Å². The van der Waals surface area contributed by atoms with Gasteiger partial charge in [-0.05, 0) is 49.6 Å². The number of methoxy groups -OCH3 is 1. The lowest BCUT2D eigenvalue weighted by atomic mass is 10.1. The van der Waals surface area contributed by atoms with Crippen LogP contribution in [0.1, 0.15) is 29.3 Å². The Bertz CT molecular complexity index is 757. The first-order valence-electron chi connectivity index (χ1n) is 8.33. The number of carbonyl (C=O) groups excluding carboxylic acids is 3. The number of aryl methyl sites for hydroxylation is 1. The van der Waals surface area contributed by atoms with Crippen molar-refractivity contribution in [2.45, 2.75) is 25.8 Å². The average Bonchev–Trinajstić information content (AvgIpc) is 2.67. The molecular formula is C20H22N2O4. The van der Waals surface area contributed by atoms with E-state index in [1.54, 1.807) is 0 Å². The number of amides is 2. The summed E-state index contributed by atoms with van der Waals surface area (Å²) < 4.78 is 4.60. The van der Waals surface area contributed by atoms with E-state index in [-0.39, 0.29) is 6.04 Å². The molecule has 2 N–H and O–H groups in total. The van der Waals surface area contributed by atoms with Gasteiger partial charge in [0.2, 0.25) is 0 Å². The smallest absolute Gasteiger partial charge is 0.337 e. The van der Waals surface area contributed by atoms with Crippen molar-refractivity contribution in [1.29, 1.82) is 0 Å². The third kappa shape index (κ3) is 5.73. The zero-order valence-corrected chi connectivity index (χ0v) is 14.8. The largest absolute Gasteiger partial charge is 0.465 e. The normalized spacial score (nSPS) is 11.3. The molecule has 0 saturated heterocycles. The Morgan fingerprint density at radius 2 is 1.62 bits per heavy atom. The van der Waals surface area contributed by atoms with E-state index < -0.39 is 17.8 Å². The minimum Gasteiger partial charge on any atom is -0.465 e. The Balaban J connectivity index is 1.81. The van der Waals surface area contributed by atoms with Crippen molar-refractivity contribution in [3.63, 3.8) is 0 Å². The van der Waals surface area contributed by atoms with Crippen LogP contribution in [0.15, 0.2) is 54.6 Å². The van der Waals surface area contributed by atoms with E-state index in [0.29, 0.717) is 11.3 Å². The lowest BCUT2D eigenvalue weighted by Gasteiger charge is -2.14. The fourth-order valence-electron chi connectivity index (χ4n) is 2.38. The second kappa shape index (κ2) is 9.36. The summed E-state index contributed by atoms with van der Waals surface area (Å²) in [6.07, 6.45) is 1.55.